The number of hydrogen-bond acceptors (Lipinski definition) is 7. The molecule has 168 valence electrons. The quantitative estimate of drug-likeness (QED) is 0.388. The Hall–Kier alpha value is -3.43. The molecule has 1 unspecified atom stereocenters. The first-order valence-electron chi connectivity index (χ1n) is 10.5. The van der Waals surface area contributed by atoms with E-state index in [-0.39, 0.29) is 18.6 Å². The van der Waals surface area contributed by atoms with E-state index < -0.39 is 52.1 Å². The van der Waals surface area contributed by atoms with Gasteiger partial charge in [-0.1, -0.05) is 43.3 Å². The van der Waals surface area contributed by atoms with E-state index in [0.717, 1.165) is 0 Å². The minimum absolute atomic E-state index is 0.0541. The van der Waals surface area contributed by atoms with Crippen molar-refractivity contribution in [2.75, 3.05) is 13.7 Å². The fraction of sp³-hybridized carbons (Fsp3) is 0.400. The molecule has 8 nitrogen and oxygen atoms in total. The molecule has 5 rings (SSSR count). The van der Waals surface area contributed by atoms with Crippen LogP contribution in [-0.4, -0.2) is 70.0 Å². The van der Waals surface area contributed by atoms with Gasteiger partial charge in [0.25, 0.3) is 0 Å². The summed E-state index contributed by atoms with van der Waals surface area (Å²) in [6, 6.07) is -0.996. The maximum atomic E-state index is 13.4. The molecule has 1 N–H and O–H groups in total. The van der Waals surface area contributed by atoms with E-state index >= 15 is 0 Å². The molecule has 2 heterocycles. The highest BCUT2D eigenvalue weighted by Gasteiger charge is 2.93. The average Bonchev–Trinajstić information content (AvgIpc) is 3.53. The Bertz CT molecular complexity index is 1220. The number of nitrogens with zero attached hydrogens (tertiary/aromatic N) is 1. The van der Waals surface area contributed by atoms with Crippen LogP contribution in [0.1, 0.15) is 13.3 Å². The highest BCUT2D eigenvalue weighted by Crippen LogP contribution is 2.73. The van der Waals surface area contributed by atoms with Gasteiger partial charge in [0.05, 0.1) is 0 Å². The van der Waals surface area contributed by atoms with Crippen molar-refractivity contribution in [1.82, 2.24) is 4.90 Å². The Morgan fingerprint density at radius 3 is 2.88 bits per heavy atom. The third-order valence-electron chi connectivity index (χ3n) is 7.07. The molecule has 8 heteroatoms. The van der Waals surface area contributed by atoms with Gasteiger partial charge in [-0.15, -0.1) is 0 Å². The summed E-state index contributed by atoms with van der Waals surface area (Å²) in [5.41, 5.74) is -6.94. The lowest BCUT2D eigenvalue weighted by Gasteiger charge is -2.55. The molecule has 2 aliphatic heterocycles. The number of Topliss-reactive ketones (excluding diaryl/α,β-unsaturated/α-hetero) is 1. The first-order valence-corrected chi connectivity index (χ1v) is 10.5. The van der Waals surface area contributed by atoms with Gasteiger partial charge in [0.2, 0.25) is 5.60 Å². The van der Waals surface area contributed by atoms with Crippen LogP contribution < -0.4 is 0 Å². The maximum absolute atomic E-state index is 13.4. The van der Waals surface area contributed by atoms with Crippen LogP contribution in [0.15, 0.2) is 48.6 Å². The normalized spacial score (nSPS) is 41.3. The van der Waals surface area contributed by atoms with Gasteiger partial charge in [0.15, 0.2) is 22.9 Å². The summed E-state index contributed by atoms with van der Waals surface area (Å²) >= 11 is 0. The Morgan fingerprint density at radius 1 is 1.39 bits per heavy atom. The minimum atomic E-state index is -2.28. The molecule has 5 aliphatic rings. The molecule has 1 saturated carbocycles. The van der Waals surface area contributed by atoms with Crippen molar-refractivity contribution in [3.05, 3.63) is 48.6 Å². The van der Waals surface area contributed by atoms with Crippen molar-refractivity contribution < 1.29 is 33.7 Å². The number of methoxy groups -OCH3 is 1. The molecule has 2 saturated heterocycles. The predicted molar refractivity (Wildman–Crippen MR) is 114 cm³/mol. The third kappa shape index (κ3) is 2.30. The second-order valence-corrected chi connectivity index (χ2v) is 8.54. The maximum Gasteiger partial charge on any atom is 0.414 e. The van der Waals surface area contributed by atoms with Crippen molar-refractivity contribution in [2.24, 2.45) is 5.92 Å². The number of hydrogen-bond donors (Lipinski definition) is 1. The standard InChI is InChI=1S/C25H21NO7/c1-4-13-32-21(29)26-19-9-7-5-6-8-11-22(30)20(28)14-16(2)24(19)25(22,33-24)18-15-17(27)10-12-23(18,26)31-3/h4-6,10,12,15-16,19,30H,1,13-14H2,2-3H3/t16-,19+,22-,23?,24-,25-/m0/s1. The molecule has 6 atom stereocenters. The van der Waals surface area contributed by atoms with E-state index in [4.69, 9.17) is 14.2 Å². The van der Waals surface area contributed by atoms with E-state index in [1.54, 1.807) is 6.92 Å². The largest absolute Gasteiger partial charge is 0.445 e. The predicted octanol–water partition coefficient (Wildman–Crippen LogP) is 0.826. The van der Waals surface area contributed by atoms with Crippen LogP contribution in [0.3, 0.4) is 0 Å². The van der Waals surface area contributed by atoms with Gasteiger partial charge in [-0.25, -0.2) is 4.79 Å². The summed E-state index contributed by atoms with van der Waals surface area (Å²) in [4.78, 5) is 40.5. The summed E-state index contributed by atoms with van der Waals surface area (Å²) in [5, 5.41) is 11.8. The first-order chi connectivity index (χ1) is 15.7. The molecular formula is C25H21NO7. The lowest BCUT2D eigenvalue weighted by molar-refractivity contribution is -0.150. The Kier molecular flexibility index (Phi) is 4.40. The molecular weight excluding hydrogens is 426 g/mol. The smallest absolute Gasteiger partial charge is 0.414 e. The number of ether oxygens (including phenoxy) is 3. The fourth-order valence-corrected chi connectivity index (χ4v) is 5.71. The van der Waals surface area contributed by atoms with E-state index in [1.807, 2.05) is 0 Å². The molecule has 0 radical (unpaired) electrons. The first kappa shape index (κ1) is 21.4. The second kappa shape index (κ2) is 6.79. The van der Waals surface area contributed by atoms with Gasteiger partial charge >= 0.3 is 6.09 Å². The monoisotopic (exact) mass is 447 g/mol. The third-order valence-corrected chi connectivity index (χ3v) is 7.07. The van der Waals surface area contributed by atoms with Gasteiger partial charge in [0.1, 0.15) is 18.2 Å². The second-order valence-electron chi connectivity index (χ2n) is 8.54. The Labute approximate surface area is 190 Å². The number of carbonyl (C=O) groups is 3. The van der Waals surface area contributed by atoms with Crippen LogP contribution in [0.4, 0.5) is 4.79 Å². The molecule has 4 bridgehead atoms. The number of fused-ring (bicyclic) bond motifs is 1. The van der Waals surface area contributed by atoms with Crippen LogP contribution >= 0.6 is 0 Å². The summed E-state index contributed by atoms with van der Waals surface area (Å²) in [7, 11) is 1.35. The zero-order valence-electron chi connectivity index (χ0n) is 18.1. The van der Waals surface area contributed by atoms with Crippen LogP contribution in [0.5, 0.6) is 0 Å². The lowest BCUT2D eigenvalue weighted by atomic mass is 9.54. The highest BCUT2D eigenvalue weighted by atomic mass is 16.7. The van der Waals surface area contributed by atoms with Crippen molar-refractivity contribution in [1.29, 1.82) is 0 Å². The molecule has 0 aromatic carbocycles. The molecule has 1 amide bonds. The number of likely N-dealkylation sites (tertiary alicyclic amines) is 1. The molecule has 3 fully saturated rings. The molecule has 33 heavy (non-hydrogen) atoms. The SMILES string of the molecule is C=CCOC(=O)N1[C@@H]2C#CC=CC#C[C@]3(O)C(=O)C[C@H](C)[C@]24O[C@]43C2=CC(=O)C=CC21OC. The van der Waals surface area contributed by atoms with Crippen molar-refractivity contribution in [2.45, 2.75) is 41.9 Å². The summed E-state index contributed by atoms with van der Waals surface area (Å²) < 4.78 is 17.6. The summed E-state index contributed by atoms with van der Waals surface area (Å²) in [5.74, 6) is 9.85. The van der Waals surface area contributed by atoms with E-state index in [0.29, 0.717) is 0 Å². The number of allylic oxidation sites excluding steroid dienone is 4. The number of amides is 1. The Balaban J connectivity index is 1.87. The van der Waals surface area contributed by atoms with Crippen LogP contribution in [0.25, 0.3) is 0 Å². The van der Waals surface area contributed by atoms with Gasteiger partial charge in [-0.05, 0) is 36.3 Å². The molecule has 3 aliphatic carbocycles. The van der Waals surface area contributed by atoms with Crippen LogP contribution in [-0.2, 0) is 23.8 Å². The number of ketones is 2. The topological polar surface area (TPSA) is 106 Å². The van der Waals surface area contributed by atoms with Crippen molar-refractivity contribution in [3.8, 4) is 23.7 Å². The fourth-order valence-electron chi connectivity index (χ4n) is 5.71. The van der Waals surface area contributed by atoms with Gasteiger partial charge < -0.3 is 19.3 Å². The summed E-state index contributed by atoms with van der Waals surface area (Å²) in [6.45, 7) is 5.29. The van der Waals surface area contributed by atoms with Crippen molar-refractivity contribution in [3.63, 3.8) is 0 Å². The zero-order valence-corrected chi connectivity index (χ0v) is 18.1. The number of rotatable bonds is 3. The number of piperidine rings is 1. The van der Waals surface area contributed by atoms with Crippen LogP contribution in [0, 0.1) is 29.6 Å². The highest BCUT2D eigenvalue weighted by molar-refractivity contribution is 6.04. The average molecular weight is 447 g/mol. The Morgan fingerprint density at radius 2 is 2.15 bits per heavy atom. The number of carbonyl (C=O) groups excluding carboxylic acids is 3. The minimum Gasteiger partial charge on any atom is -0.445 e. The van der Waals surface area contributed by atoms with Gasteiger partial charge in [0, 0.05) is 19.1 Å². The molecule has 0 aromatic rings. The van der Waals surface area contributed by atoms with E-state index in [9.17, 15) is 19.5 Å². The molecule has 0 aromatic heterocycles. The van der Waals surface area contributed by atoms with E-state index in [1.165, 1.54) is 48.5 Å². The number of epoxide rings is 1. The molecule has 0 spiro atoms. The van der Waals surface area contributed by atoms with E-state index in [2.05, 4.69) is 30.3 Å². The summed E-state index contributed by atoms with van der Waals surface area (Å²) in [6.07, 6.45) is 7.35. The van der Waals surface area contributed by atoms with Gasteiger partial charge in [-0.2, -0.15) is 0 Å². The lowest BCUT2D eigenvalue weighted by Crippen LogP contribution is -2.76. The number of aliphatic hydroxyl groups is 1. The van der Waals surface area contributed by atoms with Gasteiger partial charge in [-0.3, -0.25) is 14.5 Å². The van der Waals surface area contributed by atoms with Crippen molar-refractivity contribution >= 4 is 17.7 Å². The van der Waals surface area contributed by atoms with Crippen LogP contribution in [0.2, 0.25) is 0 Å². The zero-order chi connectivity index (χ0) is 23.6.